The van der Waals surface area contributed by atoms with Gasteiger partial charge in [-0.15, -0.1) is 20.4 Å². The molecular formula is C60H50F12N14O10. The van der Waals surface area contributed by atoms with E-state index in [1.807, 2.05) is 0 Å². The van der Waals surface area contributed by atoms with Crippen LogP contribution in [0.2, 0.25) is 0 Å². The molecule has 24 nitrogen and oxygen atoms in total. The van der Waals surface area contributed by atoms with E-state index in [1.54, 1.807) is 0 Å². The normalized spacial score (nSPS) is 23.4. The van der Waals surface area contributed by atoms with E-state index in [4.69, 9.17) is 29.8 Å². The largest absolute Gasteiger partial charge is 0.471 e. The molecule has 4 bridgehead atoms. The fraction of sp³-hybridized carbons (Fsp3) is 0.400. The molecule has 8 aliphatic rings. The van der Waals surface area contributed by atoms with E-state index in [2.05, 4.69) is 49.7 Å². The molecule has 4 aromatic heterocycles. The Morgan fingerprint density at radius 2 is 0.927 bits per heavy atom. The number of carbonyl (C=O) groups excluding carboxylic acids is 4. The van der Waals surface area contributed by atoms with Crippen LogP contribution < -0.4 is 21.3 Å². The highest BCUT2D eigenvalue weighted by molar-refractivity contribution is 6.00. The monoisotopic (exact) mass is 1350 g/mol. The number of amides is 4. The molecule has 2 aliphatic carbocycles. The van der Waals surface area contributed by atoms with Gasteiger partial charge in [0.25, 0.3) is 23.6 Å². The third-order valence-electron chi connectivity index (χ3n) is 17.8. The van der Waals surface area contributed by atoms with E-state index in [0.717, 1.165) is 21.9 Å². The molecule has 4 amide bonds. The van der Waals surface area contributed by atoms with Gasteiger partial charge in [-0.3, -0.25) is 9.59 Å². The van der Waals surface area contributed by atoms with Gasteiger partial charge in [0.15, 0.2) is 0 Å². The molecule has 6 aliphatic heterocycles. The summed E-state index contributed by atoms with van der Waals surface area (Å²) in [6.07, 6.45) is -10.3. The van der Waals surface area contributed by atoms with Gasteiger partial charge in [0.2, 0.25) is 35.2 Å². The molecule has 504 valence electrons. The number of fused-ring (bicyclic) bond motifs is 6. The van der Waals surface area contributed by atoms with E-state index in [1.165, 1.54) is 72.6 Å². The summed E-state index contributed by atoms with van der Waals surface area (Å²) in [6.45, 7) is 0.869. The Morgan fingerprint density at radius 1 is 0.562 bits per heavy atom. The number of ether oxygens (including phenoxy) is 2. The van der Waals surface area contributed by atoms with Crippen molar-refractivity contribution in [3.63, 3.8) is 0 Å². The van der Waals surface area contributed by atoms with E-state index >= 15 is 26.3 Å². The van der Waals surface area contributed by atoms with Crippen LogP contribution in [0.25, 0.3) is 45.7 Å². The molecule has 2 saturated carbocycles. The molecule has 16 rings (SSSR count). The maximum atomic E-state index is 15.6. The second-order valence-corrected chi connectivity index (χ2v) is 24.4. The number of piperidine rings is 4. The minimum absolute atomic E-state index is 0.154. The van der Waals surface area contributed by atoms with Crippen molar-refractivity contribution in [2.24, 2.45) is 23.3 Å². The lowest BCUT2D eigenvalue weighted by atomic mass is 9.58. The van der Waals surface area contributed by atoms with Crippen LogP contribution >= 0.6 is 0 Å². The summed E-state index contributed by atoms with van der Waals surface area (Å²) in [4.78, 5) is 62.8. The summed E-state index contributed by atoms with van der Waals surface area (Å²) in [5.74, 6) is -15.0. The van der Waals surface area contributed by atoms with Gasteiger partial charge in [-0.05, 0) is 72.9 Å². The lowest BCUT2D eigenvalue weighted by molar-refractivity contribution is -0.160. The zero-order valence-electron chi connectivity index (χ0n) is 49.9. The average molecular weight is 1360 g/mol. The maximum Gasteiger partial charge on any atom is 0.471 e. The van der Waals surface area contributed by atoms with Gasteiger partial charge in [-0.25, -0.2) is 35.9 Å². The molecule has 8 aromatic rings. The van der Waals surface area contributed by atoms with Crippen molar-refractivity contribution >= 4 is 35.4 Å². The van der Waals surface area contributed by atoms with Crippen LogP contribution in [0.4, 0.5) is 73.6 Å². The second kappa shape index (κ2) is 23.4. The Kier molecular flexibility index (Phi) is 15.8. The lowest BCUT2D eigenvalue weighted by Crippen LogP contribution is -2.60. The number of nitrogens with two attached hydrogens (primary N) is 2. The molecule has 0 radical (unpaired) electrons. The number of hydrogen-bond acceptors (Lipinski definition) is 20. The third kappa shape index (κ3) is 11.7. The predicted molar refractivity (Wildman–Crippen MR) is 301 cm³/mol. The van der Waals surface area contributed by atoms with Gasteiger partial charge in [0.05, 0.1) is 72.7 Å². The quantitative estimate of drug-likeness (QED) is 0.120. The fourth-order valence-corrected chi connectivity index (χ4v) is 13.4. The number of rotatable bonds is 10. The number of benzene rings is 4. The summed E-state index contributed by atoms with van der Waals surface area (Å²) >= 11 is 0. The number of anilines is 2. The Labute approximate surface area is 531 Å². The number of nitrogens with zero attached hydrogens (tertiary/aromatic N) is 12. The van der Waals surface area contributed by atoms with Crippen molar-refractivity contribution in [3.8, 4) is 45.7 Å². The zero-order valence-corrected chi connectivity index (χ0v) is 49.9. The first-order chi connectivity index (χ1) is 45.3. The molecule has 0 spiro atoms. The number of methoxy groups -OCH3 is 2. The minimum atomic E-state index is -4.84. The number of halogens is 12. The standard InChI is InChI=1S/2C30H25F6N7O5/c2*1-46-27(45)42-11-15-8-28(9-15,13-42)25-40-39-23(47-25)17-6-21-18(7-19(17)31)29(32,33)10-20(37)24(44)43(21)12-14-2-4-16(5-3-14)22-38-26(48-41-22)30(34,35)36/h2*2-7,15,20H,8-13,37H2,1H3/t15?,20-,28?;/m1./s1. The zero-order chi connectivity index (χ0) is 68.3. The molecule has 10 heterocycles. The summed E-state index contributed by atoms with van der Waals surface area (Å²) in [5, 5.41) is 22.9. The number of alkyl halides is 10. The Bertz CT molecular complexity index is 4080. The molecule has 4 N–H and O–H groups in total. The van der Waals surface area contributed by atoms with Crippen molar-refractivity contribution in [1.29, 1.82) is 0 Å². The number of hydrogen-bond donors (Lipinski definition) is 2. The van der Waals surface area contributed by atoms with E-state index in [-0.39, 0.29) is 107 Å². The Hall–Kier alpha value is -10.0. The van der Waals surface area contributed by atoms with Gasteiger partial charge >= 0.3 is 36.3 Å². The van der Waals surface area contributed by atoms with Crippen LogP contribution in [0.3, 0.4) is 0 Å². The highest BCUT2D eigenvalue weighted by Crippen LogP contribution is 2.55. The van der Waals surface area contributed by atoms with Crippen molar-refractivity contribution in [2.75, 3.05) is 50.2 Å². The van der Waals surface area contributed by atoms with E-state index in [0.29, 0.717) is 62.0 Å². The summed E-state index contributed by atoms with van der Waals surface area (Å²) in [6, 6.07) is 11.2. The lowest BCUT2D eigenvalue weighted by Gasteiger charge is -2.53. The van der Waals surface area contributed by atoms with Crippen molar-refractivity contribution in [3.05, 3.63) is 130 Å². The summed E-state index contributed by atoms with van der Waals surface area (Å²) < 4.78 is 200. The van der Waals surface area contributed by atoms with Gasteiger partial charge in [0.1, 0.15) is 11.6 Å². The van der Waals surface area contributed by atoms with Crippen LogP contribution in [0, 0.1) is 23.5 Å². The highest BCUT2D eigenvalue weighted by atomic mass is 19.4. The molecule has 4 saturated heterocycles. The van der Waals surface area contributed by atoms with Crippen LogP contribution in [0.1, 0.15) is 84.3 Å². The second-order valence-electron chi connectivity index (χ2n) is 24.4. The first-order valence-corrected chi connectivity index (χ1v) is 29.3. The van der Waals surface area contributed by atoms with Crippen LogP contribution in [-0.2, 0) is 67.2 Å². The predicted octanol–water partition coefficient (Wildman–Crippen LogP) is 10.1. The smallest absolute Gasteiger partial charge is 0.453 e. The van der Waals surface area contributed by atoms with Crippen LogP contribution in [-0.4, -0.2) is 127 Å². The van der Waals surface area contributed by atoms with Gasteiger partial charge in [0, 0.05) is 61.3 Å². The van der Waals surface area contributed by atoms with Crippen LogP contribution in [0.5, 0.6) is 0 Å². The minimum Gasteiger partial charge on any atom is -0.453 e. The Morgan fingerprint density at radius 3 is 1.26 bits per heavy atom. The molecule has 4 aromatic carbocycles. The summed E-state index contributed by atoms with van der Waals surface area (Å²) in [5.41, 5.74) is 8.55. The molecule has 96 heavy (non-hydrogen) atoms. The van der Waals surface area contributed by atoms with Gasteiger partial charge in [-0.1, -0.05) is 58.8 Å². The summed E-state index contributed by atoms with van der Waals surface area (Å²) in [7, 11) is 2.54. The molecular weight excluding hydrogens is 1300 g/mol. The van der Waals surface area contributed by atoms with Crippen molar-refractivity contribution in [1.82, 2.24) is 50.5 Å². The van der Waals surface area contributed by atoms with Gasteiger partial charge < -0.3 is 58.4 Å². The third-order valence-corrected chi connectivity index (χ3v) is 17.8. The molecule has 6 fully saturated rings. The van der Waals surface area contributed by atoms with Crippen molar-refractivity contribution in [2.45, 2.75) is 98.7 Å². The van der Waals surface area contributed by atoms with E-state index in [9.17, 15) is 45.5 Å². The highest BCUT2D eigenvalue weighted by Gasteiger charge is 2.58. The fourth-order valence-electron chi connectivity index (χ4n) is 13.4. The maximum absolute atomic E-state index is 15.6. The molecule has 2 atom stereocenters. The van der Waals surface area contributed by atoms with Gasteiger partial charge in [-0.2, -0.15) is 36.3 Å². The Balaban J connectivity index is 0.000000174. The molecule has 36 heteroatoms. The number of carbonyl (C=O) groups is 4. The van der Waals surface area contributed by atoms with E-state index < -0.39 is 118 Å². The molecule has 1 unspecified atom stereocenters. The SMILES string of the molecule is COC(=O)N1CC2CC(c3nnc(-c4cc5c(cc4F)C(F)(F)CC(N)C(=O)N5Cc4ccc(-c5noc(C(F)(F)F)n5)cc4)o3)(C2)C1.COC(=O)N1CC2CC(c3nnc(-c4cc5c(cc4F)C(F)(F)C[C@@H](N)C(=O)N5Cc4ccc(-c5noc(C(F)(F)F)n5)cc4)o3)(C2)C1. The number of aromatic nitrogens is 8. The topological polar surface area (TPSA) is 307 Å². The first kappa shape index (κ1) is 64.7. The first-order valence-electron chi connectivity index (χ1n) is 29.3. The van der Waals surface area contributed by atoms with Crippen LogP contribution in [0.15, 0.2) is 90.7 Å². The van der Waals surface area contributed by atoms with Crippen molar-refractivity contribution < 1.29 is 99.2 Å². The average Bonchev–Trinajstić information content (AvgIpc) is 1.30.